The van der Waals surface area contributed by atoms with Crippen LogP contribution in [0.5, 0.6) is 0 Å². The molecule has 0 aromatic heterocycles. The molecule has 0 N–H and O–H groups in total. The van der Waals surface area contributed by atoms with E-state index in [2.05, 4.69) is 84.0 Å². The Kier molecular flexibility index (Phi) is 12.3. The van der Waals surface area contributed by atoms with Crippen molar-refractivity contribution in [1.29, 1.82) is 0 Å². The third kappa shape index (κ3) is 6.74. The molecule has 0 aliphatic rings. The van der Waals surface area contributed by atoms with E-state index in [1.54, 1.807) is 28.2 Å². The van der Waals surface area contributed by atoms with E-state index in [0.29, 0.717) is 0 Å². The molecule has 0 nitrogen and oxygen atoms in total. The van der Waals surface area contributed by atoms with Gasteiger partial charge in [0.15, 0.2) is 0 Å². The number of benzene rings is 2. The van der Waals surface area contributed by atoms with Crippen molar-refractivity contribution >= 4 is 0 Å². The molecule has 0 spiro atoms. The highest BCUT2D eigenvalue weighted by atomic mass is 14.4. The minimum atomic E-state index is 0.151. The first-order chi connectivity index (χ1) is 16.1. The fraction of sp³-hybridized carbons (Fsp3) is 0.606. The first kappa shape index (κ1) is 27.7. The fourth-order valence-corrected chi connectivity index (χ4v) is 6.16. The highest BCUT2D eigenvalue weighted by Gasteiger charge is 2.41. The van der Waals surface area contributed by atoms with Gasteiger partial charge in [0.1, 0.15) is 0 Å². The Morgan fingerprint density at radius 1 is 0.606 bits per heavy atom. The first-order valence-corrected chi connectivity index (χ1v) is 14.2. The lowest BCUT2D eigenvalue weighted by Gasteiger charge is -2.44. The normalized spacial score (nSPS) is 12.0. The van der Waals surface area contributed by atoms with Gasteiger partial charge in [0.2, 0.25) is 0 Å². The van der Waals surface area contributed by atoms with E-state index in [1.165, 1.54) is 89.0 Å². The summed E-state index contributed by atoms with van der Waals surface area (Å²) in [6.07, 6.45) is 16.1. The van der Waals surface area contributed by atoms with Gasteiger partial charge in [-0.2, -0.15) is 0 Å². The zero-order chi connectivity index (χ0) is 24.1. The second-order valence-electron chi connectivity index (χ2n) is 10.0. The van der Waals surface area contributed by atoms with E-state index >= 15 is 0 Å². The van der Waals surface area contributed by atoms with Gasteiger partial charge in [-0.15, -0.1) is 0 Å². The van der Waals surface area contributed by atoms with E-state index in [4.69, 9.17) is 0 Å². The van der Waals surface area contributed by atoms with Crippen molar-refractivity contribution in [3.05, 3.63) is 76.2 Å². The van der Waals surface area contributed by atoms with Crippen molar-refractivity contribution in [3.63, 3.8) is 0 Å². The smallest absolute Gasteiger partial charge is 0.0155 e. The van der Waals surface area contributed by atoms with Crippen molar-refractivity contribution in [3.8, 4) is 0 Å². The van der Waals surface area contributed by atoms with E-state index in [1.807, 2.05) is 0 Å². The molecule has 0 amide bonds. The molecule has 0 heteroatoms. The van der Waals surface area contributed by atoms with Gasteiger partial charge in [0.05, 0.1) is 0 Å². The Labute approximate surface area is 206 Å². The summed E-state index contributed by atoms with van der Waals surface area (Å²) in [5, 5.41) is 0. The summed E-state index contributed by atoms with van der Waals surface area (Å²) in [6.45, 7) is 14.2. The Hall–Kier alpha value is -1.56. The van der Waals surface area contributed by atoms with Crippen LogP contribution in [-0.2, 0) is 24.7 Å². The van der Waals surface area contributed by atoms with E-state index in [9.17, 15) is 0 Å². The van der Waals surface area contributed by atoms with Gasteiger partial charge in [-0.05, 0) is 66.3 Å². The lowest BCUT2D eigenvalue weighted by molar-refractivity contribution is 0.359. The van der Waals surface area contributed by atoms with E-state index < -0.39 is 0 Å². The predicted molar refractivity (Wildman–Crippen MR) is 148 cm³/mol. The molecule has 0 atom stereocenters. The Bertz CT molecular complexity index is 779. The SMILES string of the molecule is CCCC[C](c1ccccc1)C(CCC)(CCC)c1ccc(CCC)c(CCC)c1CCC. The molecule has 183 valence electrons. The lowest BCUT2D eigenvalue weighted by Crippen LogP contribution is -2.36. The summed E-state index contributed by atoms with van der Waals surface area (Å²) in [4.78, 5) is 0. The average Bonchev–Trinajstić information content (AvgIpc) is 2.82. The summed E-state index contributed by atoms with van der Waals surface area (Å²) in [7, 11) is 0. The quantitative estimate of drug-likeness (QED) is 0.240. The Morgan fingerprint density at radius 3 is 1.76 bits per heavy atom. The van der Waals surface area contributed by atoms with Gasteiger partial charge < -0.3 is 0 Å². The van der Waals surface area contributed by atoms with Crippen molar-refractivity contribution in [2.75, 3.05) is 0 Å². The monoisotopic (exact) mass is 447 g/mol. The molecule has 2 aromatic carbocycles. The zero-order valence-corrected chi connectivity index (χ0v) is 22.7. The molecule has 0 unspecified atom stereocenters. The van der Waals surface area contributed by atoms with Crippen LogP contribution in [0.25, 0.3) is 0 Å². The van der Waals surface area contributed by atoms with Crippen LogP contribution in [-0.4, -0.2) is 0 Å². The van der Waals surface area contributed by atoms with Crippen LogP contribution in [0.1, 0.15) is 134 Å². The van der Waals surface area contributed by atoms with Gasteiger partial charge in [0, 0.05) is 11.3 Å². The topological polar surface area (TPSA) is 0 Å². The second-order valence-corrected chi connectivity index (χ2v) is 10.0. The molecule has 2 aromatic rings. The largest absolute Gasteiger partial charge is 0.0654 e. The predicted octanol–water partition coefficient (Wildman–Crippen LogP) is 10.2. The number of hydrogen-bond acceptors (Lipinski definition) is 0. The molecular weight excluding hydrogens is 396 g/mol. The van der Waals surface area contributed by atoms with Crippen LogP contribution in [0.3, 0.4) is 0 Å². The second kappa shape index (κ2) is 14.6. The van der Waals surface area contributed by atoms with Gasteiger partial charge in [0.25, 0.3) is 0 Å². The molecule has 0 heterocycles. The maximum atomic E-state index is 2.58. The molecule has 0 saturated carbocycles. The maximum absolute atomic E-state index is 2.58. The van der Waals surface area contributed by atoms with Crippen LogP contribution in [0.4, 0.5) is 0 Å². The fourth-order valence-electron chi connectivity index (χ4n) is 6.16. The van der Waals surface area contributed by atoms with Crippen LogP contribution in [0.2, 0.25) is 0 Å². The molecule has 0 aliphatic heterocycles. The third-order valence-corrected chi connectivity index (χ3v) is 7.40. The third-order valence-electron chi connectivity index (χ3n) is 7.40. The van der Waals surface area contributed by atoms with Crippen LogP contribution in [0, 0.1) is 5.92 Å². The summed E-state index contributed by atoms with van der Waals surface area (Å²) in [5.74, 6) is 1.71. The van der Waals surface area contributed by atoms with Crippen molar-refractivity contribution in [1.82, 2.24) is 0 Å². The maximum Gasteiger partial charge on any atom is 0.0155 e. The van der Waals surface area contributed by atoms with Gasteiger partial charge in [-0.25, -0.2) is 0 Å². The van der Waals surface area contributed by atoms with Crippen molar-refractivity contribution in [2.45, 2.75) is 130 Å². The standard InChI is InChI=1S/C33H51/c1-7-13-22-31(28-20-15-14-16-21-28)33(25-11-5,26-12-6)32-24-23-27(17-8-2)29(18-9-3)30(32)19-10-4/h14-16,20-21,23-24H,7-13,17-19,22,25-26H2,1-6H3. The highest BCUT2D eigenvalue weighted by Crippen LogP contribution is 2.50. The van der Waals surface area contributed by atoms with E-state index in [0.717, 1.165) is 0 Å². The number of rotatable bonds is 16. The molecule has 0 fully saturated rings. The minimum Gasteiger partial charge on any atom is -0.0654 e. The summed E-state index contributed by atoms with van der Waals surface area (Å²) in [6, 6.07) is 16.5. The molecule has 33 heavy (non-hydrogen) atoms. The van der Waals surface area contributed by atoms with Gasteiger partial charge >= 0.3 is 0 Å². The zero-order valence-electron chi connectivity index (χ0n) is 22.7. The lowest BCUT2D eigenvalue weighted by atomic mass is 9.59. The number of unbranched alkanes of at least 4 members (excludes halogenated alkanes) is 1. The molecular formula is C33H51. The summed E-state index contributed by atoms with van der Waals surface area (Å²) < 4.78 is 0. The highest BCUT2D eigenvalue weighted by molar-refractivity contribution is 5.52. The van der Waals surface area contributed by atoms with Crippen LogP contribution < -0.4 is 0 Å². The molecule has 2 rings (SSSR count). The Balaban J connectivity index is 2.84. The Morgan fingerprint density at radius 2 is 1.21 bits per heavy atom. The molecule has 0 bridgehead atoms. The molecule has 0 saturated heterocycles. The van der Waals surface area contributed by atoms with E-state index in [-0.39, 0.29) is 5.41 Å². The van der Waals surface area contributed by atoms with Crippen molar-refractivity contribution in [2.24, 2.45) is 0 Å². The minimum absolute atomic E-state index is 0.151. The number of aryl methyl sites for hydroxylation is 1. The average molecular weight is 448 g/mol. The first-order valence-electron chi connectivity index (χ1n) is 14.2. The summed E-state index contributed by atoms with van der Waals surface area (Å²) in [5.41, 5.74) is 8.31. The molecule has 0 aliphatic carbocycles. The van der Waals surface area contributed by atoms with Crippen LogP contribution in [0.15, 0.2) is 42.5 Å². The molecule has 1 radical (unpaired) electrons. The summed E-state index contributed by atoms with van der Waals surface area (Å²) >= 11 is 0. The van der Waals surface area contributed by atoms with Gasteiger partial charge in [-0.1, -0.05) is 129 Å². The van der Waals surface area contributed by atoms with Crippen LogP contribution >= 0.6 is 0 Å². The van der Waals surface area contributed by atoms with Gasteiger partial charge in [-0.3, -0.25) is 0 Å². The number of hydrogen-bond donors (Lipinski definition) is 0. The van der Waals surface area contributed by atoms with Crippen molar-refractivity contribution < 1.29 is 0 Å².